The predicted octanol–water partition coefficient (Wildman–Crippen LogP) is 3.27. The zero-order chi connectivity index (χ0) is 24.9. The number of hydrogen-bond acceptors (Lipinski definition) is 6. The van der Waals surface area contributed by atoms with Gasteiger partial charge in [-0.25, -0.2) is 4.79 Å². The fourth-order valence-electron chi connectivity index (χ4n) is 4.50. The minimum Gasteiger partial charge on any atom is -0.454 e. The van der Waals surface area contributed by atoms with E-state index in [4.69, 9.17) is 4.74 Å². The molecule has 34 heavy (non-hydrogen) atoms. The van der Waals surface area contributed by atoms with Crippen molar-refractivity contribution in [3.63, 3.8) is 0 Å². The Labute approximate surface area is 205 Å². The number of imide groups is 1. The second kappa shape index (κ2) is 10.8. The van der Waals surface area contributed by atoms with Crippen LogP contribution in [-0.2, 0) is 19.1 Å². The number of rotatable bonds is 8. The van der Waals surface area contributed by atoms with Crippen LogP contribution in [0, 0.1) is 18.3 Å². The highest BCUT2D eigenvalue weighted by Crippen LogP contribution is 2.43. The summed E-state index contributed by atoms with van der Waals surface area (Å²) in [6, 6.07) is 7.54. The monoisotopic (exact) mass is 489 g/mol. The number of carbonyl (C=O) groups excluding carboxylic acids is 4. The molecule has 0 unspecified atom stereocenters. The topological polar surface area (TPSA) is 105 Å². The number of benzene rings is 1. The first kappa shape index (κ1) is 26.1. The van der Waals surface area contributed by atoms with Crippen LogP contribution in [0.2, 0.25) is 0 Å². The molecule has 0 bridgehead atoms. The quantitative estimate of drug-likeness (QED) is 0.251. The highest BCUT2D eigenvalue weighted by atomic mass is 32.2. The molecule has 3 rings (SSSR count). The van der Waals surface area contributed by atoms with Gasteiger partial charge in [0.25, 0.3) is 11.8 Å². The van der Waals surface area contributed by atoms with E-state index in [1.165, 1.54) is 5.56 Å². The Morgan fingerprint density at radius 2 is 1.82 bits per heavy atom. The fraction of sp³-hybridized carbons (Fsp3) is 0.600. The summed E-state index contributed by atoms with van der Waals surface area (Å²) >= 11 is 1.62. The van der Waals surface area contributed by atoms with Crippen molar-refractivity contribution in [2.45, 2.75) is 63.8 Å². The van der Waals surface area contributed by atoms with Crippen LogP contribution in [0.5, 0.6) is 0 Å². The minimum absolute atomic E-state index is 0.150. The highest BCUT2D eigenvalue weighted by Gasteiger charge is 2.53. The molecule has 1 aliphatic carbocycles. The maximum atomic E-state index is 13.0. The van der Waals surface area contributed by atoms with Crippen molar-refractivity contribution in [2.24, 2.45) is 11.3 Å². The van der Waals surface area contributed by atoms with Gasteiger partial charge in [0.2, 0.25) is 0 Å². The molecule has 1 saturated carbocycles. The van der Waals surface area contributed by atoms with E-state index < -0.39 is 36.6 Å². The third-order valence-electron chi connectivity index (χ3n) is 6.68. The Bertz CT molecular complexity index is 917. The molecule has 2 fully saturated rings. The van der Waals surface area contributed by atoms with Gasteiger partial charge in [0.15, 0.2) is 6.61 Å². The summed E-state index contributed by atoms with van der Waals surface area (Å²) < 4.78 is 5.00. The molecule has 8 nitrogen and oxygen atoms in total. The lowest BCUT2D eigenvalue weighted by Gasteiger charge is -2.40. The number of carbonyl (C=O) groups is 4. The van der Waals surface area contributed by atoms with Gasteiger partial charge < -0.3 is 15.4 Å². The largest absolute Gasteiger partial charge is 0.454 e. The zero-order valence-electron chi connectivity index (χ0n) is 20.4. The van der Waals surface area contributed by atoms with Gasteiger partial charge in [0.1, 0.15) is 12.1 Å². The van der Waals surface area contributed by atoms with Crippen molar-refractivity contribution >= 4 is 35.6 Å². The van der Waals surface area contributed by atoms with Crippen LogP contribution in [0.1, 0.15) is 52.0 Å². The van der Waals surface area contributed by atoms with Crippen molar-refractivity contribution < 1.29 is 23.9 Å². The maximum absolute atomic E-state index is 13.0. The van der Waals surface area contributed by atoms with E-state index in [9.17, 15) is 19.2 Å². The van der Waals surface area contributed by atoms with Crippen molar-refractivity contribution in [1.29, 1.82) is 0 Å². The first-order valence-electron chi connectivity index (χ1n) is 11.8. The van der Waals surface area contributed by atoms with Gasteiger partial charge in [-0.3, -0.25) is 19.3 Å². The second-order valence-corrected chi connectivity index (χ2v) is 11.4. The average Bonchev–Trinajstić information content (AvgIpc) is 3.00. The van der Waals surface area contributed by atoms with Crippen LogP contribution in [0.25, 0.3) is 0 Å². The number of nitrogens with one attached hydrogen (secondary N) is 2. The van der Waals surface area contributed by atoms with E-state index >= 15 is 0 Å². The molecule has 1 aromatic rings. The summed E-state index contributed by atoms with van der Waals surface area (Å²) in [4.78, 5) is 51.6. The molecule has 2 aliphatic rings. The molecule has 4 amide bonds. The molecule has 1 aliphatic heterocycles. The number of nitrogens with zero attached hydrogens (tertiary/aromatic N) is 1. The lowest BCUT2D eigenvalue weighted by atomic mass is 9.67. The molecule has 2 N–H and O–H groups in total. The van der Waals surface area contributed by atoms with E-state index in [0.717, 1.165) is 22.6 Å². The molecular formula is C25H35N3O5S. The summed E-state index contributed by atoms with van der Waals surface area (Å²) in [6.45, 7) is 8.07. The number of esters is 1. The van der Waals surface area contributed by atoms with Gasteiger partial charge in [0, 0.05) is 17.2 Å². The molecule has 1 aromatic carbocycles. The van der Waals surface area contributed by atoms with E-state index in [0.29, 0.717) is 31.1 Å². The summed E-state index contributed by atoms with van der Waals surface area (Å²) in [5, 5.41) is 5.51. The SMILES string of the molecule is Cc1ccc(SCCNC(=O)COC(=O)CN2C(=O)NC3(CCC(C(C)(C)C)CC3)C2=O)cc1. The Kier molecular flexibility index (Phi) is 8.28. The normalized spacial score (nSPS) is 22.6. The Hall–Kier alpha value is -2.55. The van der Waals surface area contributed by atoms with Crippen LogP contribution in [0.3, 0.4) is 0 Å². The van der Waals surface area contributed by atoms with Crippen molar-refractivity contribution in [3.8, 4) is 0 Å². The van der Waals surface area contributed by atoms with E-state index in [1.54, 1.807) is 11.8 Å². The lowest BCUT2D eigenvalue weighted by molar-refractivity contribution is -0.151. The summed E-state index contributed by atoms with van der Waals surface area (Å²) in [7, 11) is 0. The minimum atomic E-state index is -0.925. The van der Waals surface area contributed by atoms with Gasteiger partial charge in [-0.1, -0.05) is 38.5 Å². The number of amides is 4. The molecule has 0 radical (unpaired) electrons. The number of thioether (sulfide) groups is 1. The summed E-state index contributed by atoms with van der Waals surface area (Å²) in [5.41, 5.74) is 0.415. The van der Waals surface area contributed by atoms with E-state index in [2.05, 4.69) is 31.4 Å². The van der Waals surface area contributed by atoms with Crippen LogP contribution in [0.15, 0.2) is 29.2 Å². The third kappa shape index (κ3) is 6.52. The number of urea groups is 1. The number of aryl methyl sites for hydroxylation is 1. The molecule has 1 saturated heterocycles. The first-order valence-corrected chi connectivity index (χ1v) is 12.7. The van der Waals surface area contributed by atoms with Crippen LogP contribution in [0.4, 0.5) is 4.79 Å². The van der Waals surface area contributed by atoms with Gasteiger partial charge in [-0.05, 0) is 56.1 Å². The third-order valence-corrected chi connectivity index (χ3v) is 7.69. The molecule has 186 valence electrons. The highest BCUT2D eigenvalue weighted by molar-refractivity contribution is 7.99. The Morgan fingerprint density at radius 1 is 1.18 bits per heavy atom. The van der Waals surface area contributed by atoms with Gasteiger partial charge >= 0.3 is 12.0 Å². The van der Waals surface area contributed by atoms with Crippen LogP contribution >= 0.6 is 11.8 Å². The maximum Gasteiger partial charge on any atom is 0.326 e. The Morgan fingerprint density at radius 3 is 2.44 bits per heavy atom. The van der Waals surface area contributed by atoms with Crippen LogP contribution in [-0.4, -0.2) is 59.7 Å². The smallest absolute Gasteiger partial charge is 0.326 e. The number of ether oxygens (including phenoxy) is 1. The molecule has 1 spiro atoms. The van der Waals surface area contributed by atoms with E-state index in [-0.39, 0.29) is 11.3 Å². The first-order chi connectivity index (χ1) is 16.0. The summed E-state index contributed by atoms with van der Waals surface area (Å²) in [6.07, 6.45) is 2.81. The average molecular weight is 490 g/mol. The fourth-order valence-corrected chi connectivity index (χ4v) is 5.27. The van der Waals surface area contributed by atoms with Gasteiger partial charge in [-0.15, -0.1) is 11.8 Å². The molecule has 9 heteroatoms. The zero-order valence-corrected chi connectivity index (χ0v) is 21.3. The van der Waals surface area contributed by atoms with Crippen molar-refractivity contribution in [2.75, 3.05) is 25.4 Å². The van der Waals surface area contributed by atoms with Gasteiger partial charge in [-0.2, -0.15) is 0 Å². The molecule has 0 atom stereocenters. The van der Waals surface area contributed by atoms with E-state index in [1.807, 2.05) is 31.2 Å². The Balaban J connectivity index is 1.38. The standard InChI is InChI=1S/C25H35N3O5S/c1-17-5-7-19(8-6-17)34-14-13-26-20(29)16-33-21(30)15-28-22(31)25(27-23(28)32)11-9-18(10-12-25)24(2,3)4/h5-8,18H,9-16H2,1-4H3,(H,26,29)(H,27,32). The van der Waals surface area contributed by atoms with Crippen LogP contribution < -0.4 is 10.6 Å². The lowest BCUT2D eigenvalue weighted by Crippen LogP contribution is -2.50. The second-order valence-electron chi connectivity index (χ2n) is 10.2. The molecule has 0 aromatic heterocycles. The molecular weight excluding hydrogens is 454 g/mol. The predicted molar refractivity (Wildman–Crippen MR) is 130 cm³/mol. The number of hydrogen-bond donors (Lipinski definition) is 2. The van der Waals surface area contributed by atoms with Crippen molar-refractivity contribution in [3.05, 3.63) is 29.8 Å². The summed E-state index contributed by atoms with van der Waals surface area (Å²) in [5.74, 6) is -0.418. The molecule has 1 heterocycles. The van der Waals surface area contributed by atoms with Gasteiger partial charge in [0.05, 0.1) is 0 Å². The van der Waals surface area contributed by atoms with Crippen molar-refractivity contribution in [1.82, 2.24) is 15.5 Å².